The molecule has 3 aromatic heterocycles. The van der Waals surface area contributed by atoms with Gasteiger partial charge in [0.15, 0.2) is 5.78 Å². The first-order valence-electron chi connectivity index (χ1n) is 15.1. The first-order valence-corrected chi connectivity index (χ1v) is 16.0. The van der Waals surface area contributed by atoms with E-state index in [1.54, 1.807) is 0 Å². The average molecular weight is 888 g/mol. The number of carbonyl (C=O) groups excluding carboxylic acids is 1. The smallest absolute Gasteiger partial charge is 0.417 e. The first-order chi connectivity index (χ1) is 22.1. The summed E-state index contributed by atoms with van der Waals surface area (Å²) in [6.45, 7) is 9.53. The molecule has 5 aromatic rings. The van der Waals surface area contributed by atoms with E-state index in [1.165, 1.54) is 31.2 Å². The molecule has 1 radical (unpaired) electrons. The molecule has 0 aliphatic carbocycles. The Labute approximate surface area is 297 Å². The second kappa shape index (κ2) is 16.6. The number of hydrogen-bond donors (Lipinski definition) is 1. The number of allylic oxidation sites excluding steroid dienone is 2. The van der Waals surface area contributed by atoms with Gasteiger partial charge in [0.25, 0.3) is 0 Å². The predicted molar refractivity (Wildman–Crippen MR) is 176 cm³/mol. The SMILES string of the molecule is CCC(CC)C(=O)/C=C(\O)C(CC)CC.Cc1ccc2oc3c(C(F)(F)F)[c-]c(-c4nccc5c(C(F)(F)F)csc45)cc3c2c1F.[CH3-].[Ir]. The molecule has 269 valence electrons. The van der Waals surface area contributed by atoms with Gasteiger partial charge in [0.1, 0.15) is 11.4 Å². The minimum Gasteiger partial charge on any atom is -0.512 e. The van der Waals surface area contributed by atoms with Crippen LogP contribution in [-0.4, -0.2) is 15.9 Å². The molecular weight excluding hydrogens is 852 g/mol. The summed E-state index contributed by atoms with van der Waals surface area (Å²) < 4.78 is 102. The van der Waals surface area contributed by atoms with Crippen molar-refractivity contribution in [2.45, 2.75) is 72.7 Å². The number of pyridine rings is 1. The fourth-order valence-corrected chi connectivity index (χ4v) is 6.53. The molecule has 0 fully saturated rings. The Morgan fingerprint density at radius 1 is 0.980 bits per heavy atom. The van der Waals surface area contributed by atoms with E-state index < -0.39 is 34.9 Å². The van der Waals surface area contributed by atoms with Gasteiger partial charge in [0, 0.05) is 70.9 Å². The van der Waals surface area contributed by atoms with Crippen LogP contribution in [0.25, 0.3) is 43.3 Å². The number of nitrogens with zero attached hydrogens (tertiary/aromatic N) is 1. The number of thiophene rings is 1. The van der Waals surface area contributed by atoms with Gasteiger partial charge in [-0.15, -0.1) is 17.7 Å². The zero-order valence-electron chi connectivity index (χ0n) is 27.6. The van der Waals surface area contributed by atoms with Crippen LogP contribution in [0.5, 0.6) is 0 Å². The van der Waals surface area contributed by atoms with Crippen LogP contribution in [0.1, 0.15) is 70.1 Å². The van der Waals surface area contributed by atoms with Crippen LogP contribution in [0.3, 0.4) is 0 Å². The molecule has 0 spiro atoms. The molecule has 0 bridgehead atoms. The summed E-state index contributed by atoms with van der Waals surface area (Å²) in [4.78, 5) is 15.7. The van der Waals surface area contributed by atoms with E-state index in [0.717, 1.165) is 43.3 Å². The normalized spacial score (nSPS) is 12.3. The van der Waals surface area contributed by atoms with E-state index in [2.05, 4.69) is 11.1 Å². The number of hydrogen-bond acceptors (Lipinski definition) is 5. The maximum absolute atomic E-state index is 14.8. The van der Waals surface area contributed by atoms with Crippen molar-refractivity contribution in [3.05, 3.63) is 83.7 Å². The van der Waals surface area contributed by atoms with Crippen molar-refractivity contribution < 1.29 is 65.2 Å². The van der Waals surface area contributed by atoms with E-state index in [0.29, 0.717) is 11.3 Å². The summed E-state index contributed by atoms with van der Waals surface area (Å²) in [7, 11) is 0. The molecule has 0 saturated heterocycles. The van der Waals surface area contributed by atoms with Gasteiger partial charge in [-0.3, -0.25) is 4.79 Å². The Kier molecular flexibility index (Phi) is 14.2. The Hall–Kier alpha value is -3.28. The summed E-state index contributed by atoms with van der Waals surface area (Å²) >= 11 is 0.711. The Bertz CT molecular complexity index is 1930. The third-order valence-electron chi connectivity index (χ3n) is 8.21. The van der Waals surface area contributed by atoms with Gasteiger partial charge >= 0.3 is 12.4 Å². The Balaban J connectivity index is 0.000000422. The fraction of sp³-hybridized carbons (Fsp3) is 0.361. The average Bonchev–Trinajstić information content (AvgIpc) is 3.62. The predicted octanol–water partition coefficient (Wildman–Crippen LogP) is 12.5. The zero-order chi connectivity index (χ0) is 34.8. The van der Waals surface area contributed by atoms with E-state index in [1.807, 2.05) is 27.7 Å². The number of furan rings is 1. The number of halogens is 7. The number of carbonyl (C=O) groups is 1. The quantitative estimate of drug-likeness (QED) is 0.0730. The van der Waals surface area contributed by atoms with Crippen molar-refractivity contribution in [2.75, 3.05) is 0 Å². The number of rotatable bonds is 8. The fourth-order valence-electron chi connectivity index (χ4n) is 5.45. The maximum Gasteiger partial charge on any atom is 0.417 e. The number of aryl methyl sites for hydroxylation is 1. The molecule has 3 heterocycles. The van der Waals surface area contributed by atoms with E-state index in [9.17, 15) is 40.6 Å². The summed E-state index contributed by atoms with van der Waals surface area (Å²) in [5.74, 6) is -0.195. The minimum atomic E-state index is -4.91. The van der Waals surface area contributed by atoms with Crippen molar-refractivity contribution in [3.63, 3.8) is 0 Å². The van der Waals surface area contributed by atoms with Gasteiger partial charge < -0.3 is 21.9 Å². The van der Waals surface area contributed by atoms with Crippen LogP contribution in [0.15, 0.2) is 52.1 Å². The van der Waals surface area contributed by atoms with Crippen LogP contribution in [0.2, 0.25) is 0 Å². The monoisotopic (exact) mass is 888 g/mol. The van der Waals surface area contributed by atoms with Crippen LogP contribution in [0, 0.1) is 38.1 Å². The second-order valence-corrected chi connectivity index (χ2v) is 12.0. The van der Waals surface area contributed by atoms with Crippen LogP contribution < -0.4 is 0 Å². The molecule has 0 aliphatic heterocycles. The van der Waals surface area contributed by atoms with E-state index in [-0.39, 0.29) is 94.2 Å². The molecule has 0 saturated carbocycles. The largest absolute Gasteiger partial charge is 0.512 e. The van der Waals surface area contributed by atoms with Crippen molar-refractivity contribution in [3.8, 4) is 11.3 Å². The van der Waals surface area contributed by atoms with Crippen molar-refractivity contribution in [1.82, 2.24) is 4.98 Å². The molecule has 49 heavy (non-hydrogen) atoms. The molecule has 0 atom stereocenters. The van der Waals surface area contributed by atoms with Gasteiger partial charge in [0.05, 0.1) is 16.9 Å². The molecule has 5 rings (SSSR count). The summed E-state index contributed by atoms with van der Waals surface area (Å²) in [5, 5.41) is 10.2. The number of aliphatic hydroxyl groups excluding tert-OH is 1. The maximum atomic E-state index is 14.8. The molecule has 0 amide bonds. The topological polar surface area (TPSA) is 63.3 Å². The molecule has 1 N–H and O–H groups in total. The van der Waals surface area contributed by atoms with Crippen LogP contribution >= 0.6 is 11.3 Å². The van der Waals surface area contributed by atoms with Gasteiger partial charge in [0.2, 0.25) is 0 Å². The Morgan fingerprint density at radius 3 is 2.14 bits per heavy atom. The summed E-state index contributed by atoms with van der Waals surface area (Å²) in [6, 6.07) is 7.31. The van der Waals surface area contributed by atoms with Crippen molar-refractivity contribution in [2.24, 2.45) is 11.8 Å². The summed E-state index contributed by atoms with van der Waals surface area (Å²) in [5.41, 5.74) is -3.00. The van der Waals surface area contributed by atoms with E-state index >= 15 is 0 Å². The second-order valence-electron chi connectivity index (χ2n) is 11.2. The molecule has 2 aromatic carbocycles. The minimum absolute atomic E-state index is 0. The van der Waals surface area contributed by atoms with E-state index in [4.69, 9.17) is 4.42 Å². The van der Waals surface area contributed by atoms with Crippen LogP contribution in [0.4, 0.5) is 30.7 Å². The molecule has 4 nitrogen and oxygen atoms in total. The number of aromatic nitrogens is 1. The third-order valence-corrected chi connectivity index (χ3v) is 9.22. The Morgan fingerprint density at radius 2 is 1.59 bits per heavy atom. The first kappa shape index (κ1) is 41.9. The molecule has 13 heteroatoms. The van der Waals surface area contributed by atoms with Crippen molar-refractivity contribution in [1.29, 1.82) is 0 Å². The third kappa shape index (κ3) is 8.72. The van der Waals surface area contributed by atoms with Gasteiger partial charge in [-0.1, -0.05) is 39.1 Å². The van der Waals surface area contributed by atoms with Crippen molar-refractivity contribution >= 4 is 49.1 Å². The molecule has 0 aliphatic rings. The summed E-state index contributed by atoms with van der Waals surface area (Å²) in [6.07, 6.45) is -3.55. The number of fused-ring (bicyclic) bond motifs is 4. The molecular formula is C36H36F7IrNO3S-2. The number of alkyl halides is 6. The van der Waals surface area contributed by atoms with Gasteiger partial charge in [-0.05, 0) is 55.7 Å². The van der Waals surface area contributed by atoms with Gasteiger partial charge in [-0.2, -0.15) is 37.7 Å². The van der Waals surface area contributed by atoms with Crippen LogP contribution in [-0.2, 0) is 37.3 Å². The molecule has 0 unspecified atom stereocenters. The standard InChI is InChI=1S/C22H9F7NOS.C13H24O2.CH3.Ir/c1-9-2-3-15-16(17(9)23)12-6-10(7-13(19(12)31-15)21(24,25)26)18-20-11(4-5-30-18)14(8-32-20)22(27,28)29;1-5-10(6-2)12(14)9-13(15)11(7-3)8-4;;/h2-6,8H,1H3;9-11,14H,5-8H2,1-4H3;1H3;/q-1;;-1;/b;12-9-;;. The number of ketones is 1. The number of benzene rings is 2. The van der Waals surface area contributed by atoms with Gasteiger partial charge in [-0.25, -0.2) is 4.39 Å². The number of aliphatic hydroxyl groups is 1. The zero-order valence-corrected chi connectivity index (χ0v) is 30.8.